The lowest BCUT2D eigenvalue weighted by Crippen LogP contribution is -2.43. The number of halogens is 1. The predicted molar refractivity (Wildman–Crippen MR) is 101 cm³/mol. The van der Waals surface area contributed by atoms with E-state index >= 15 is 0 Å². The minimum atomic E-state index is -0.242. The number of nitrogens with one attached hydrogen (secondary N) is 1. The molecule has 2 aromatic heterocycles. The molecule has 0 aliphatic carbocycles. The van der Waals surface area contributed by atoms with Gasteiger partial charge in [-0.05, 0) is 36.2 Å². The fourth-order valence-electron chi connectivity index (χ4n) is 3.56. The number of aromatic nitrogens is 4. The van der Waals surface area contributed by atoms with E-state index in [1.165, 1.54) is 0 Å². The van der Waals surface area contributed by atoms with E-state index in [9.17, 15) is 4.79 Å². The molecule has 0 saturated heterocycles. The van der Waals surface area contributed by atoms with Crippen molar-refractivity contribution < 1.29 is 14.3 Å². The second kappa shape index (κ2) is 6.87. The van der Waals surface area contributed by atoms with Crippen molar-refractivity contribution in [1.82, 2.24) is 24.9 Å². The Kier molecular flexibility index (Phi) is 4.20. The van der Waals surface area contributed by atoms with Crippen molar-refractivity contribution in [2.45, 2.75) is 31.7 Å². The predicted octanol–water partition coefficient (Wildman–Crippen LogP) is 1.93. The Labute approximate surface area is 166 Å². The summed E-state index contributed by atoms with van der Waals surface area (Å²) in [6.07, 6.45) is 4.24. The van der Waals surface area contributed by atoms with Crippen LogP contribution in [0.25, 0.3) is 0 Å². The van der Waals surface area contributed by atoms with Crippen LogP contribution in [0.1, 0.15) is 16.1 Å². The number of rotatable bonds is 4. The van der Waals surface area contributed by atoms with E-state index in [0.717, 1.165) is 11.3 Å². The molecule has 8 nitrogen and oxygen atoms in total. The molecule has 0 bridgehead atoms. The van der Waals surface area contributed by atoms with E-state index in [1.807, 2.05) is 29.1 Å². The summed E-state index contributed by atoms with van der Waals surface area (Å²) in [5.74, 6) is 1.17. The number of nitrogens with zero attached hydrogens (tertiary/aromatic N) is 4. The molecular formula is C19H18ClN5O3. The lowest BCUT2D eigenvalue weighted by Gasteiger charge is -2.26. The first-order valence-electron chi connectivity index (χ1n) is 9.08. The Morgan fingerprint density at radius 1 is 1.36 bits per heavy atom. The zero-order valence-electron chi connectivity index (χ0n) is 14.9. The Morgan fingerprint density at radius 2 is 2.29 bits per heavy atom. The maximum absolute atomic E-state index is 12.6. The Balaban J connectivity index is 1.21. The number of benzene rings is 1. The zero-order valence-corrected chi connectivity index (χ0v) is 15.7. The van der Waals surface area contributed by atoms with Crippen molar-refractivity contribution in [3.8, 4) is 11.6 Å². The molecule has 3 aromatic rings. The molecule has 5 rings (SSSR count). The third kappa shape index (κ3) is 3.31. The fourth-order valence-corrected chi connectivity index (χ4v) is 3.76. The molecule has 1 aromatic carbocycles. The molecule has 0 spiro atoms. The summed E-state index contributed by atoms with van der Waals surface area (Å²) in [4.78, 5) is 12.6. The number of carbonyl (C=O) groups excluding carboxylic acids is 1. The number of hydrogen-bond donors (Lipinski definition) is 1. The molecule has 2 aliphatic heterocycles. The molecule has 4 heterocycles. The second-order valence-corrected chi connectivity index (χ2v) is 7.39. The van der Waals surface area contributed by atoms with Crippen LogP contribution >= 0.6 is 11.6 Å². The normalized spacial score (nSPS) is 20.0. The first-order chi connectivity index (χ1) is 13.6. The van der Waals surface area contributed by atoms with Gasteiger partial charge >= 0.3 is 0 Å². The SMILES string of the molecule is O=C(N[C@H]1COc2ccc(Cl)cc2C1)c1cc2n(n1)CC(Cn1cccn1)O2. The van der Waals surface area contributed by atoms with Crippen LogP contribution in [0.3, 0.4) is 0 Å². The van der Waals surface area contributed by atoms with Crippen LogP contribution in [-0.2, 0) is 19.5 Å². The van der Waals surface area contributed by atoms with E-state index in [0.29, 0.717) is 42.7 Å². The van der Waals surface area contributed by atoms with Crippen LogP contribution in [0, 0.1) is 0 Å². The van der Waals surface area contributed by atoms with Crippen molar-refractivity contribution >= 4 is 17.5 Å². The smallest absolute Gasteiger partial charge is 0.272 e. The van der Waals surface area contributed by atoms with Crippen LogP contribution in [0.2, 0.25) is 5.02 Å². The van der Waals surface area contributed by atoms with E-state index in [2.05, 4.69) is 15.5 Å². The van der Waals surface area contributed by atoms with Gasteiger partial charge in [-0.3, -0.25) is 9.48 Å². The molecule has 0 fully saturated rings. The summed E-state index contributed by atoms with van der Waals surface area (Å²) in [6.45, 7) is 1.64. The van der Waals surface area contributed by atoms with Crippen LogP contribution in [0.15, 0.2) is 42.7 Å². The van der Waals surface area contributed by atoms with E-state index in [1.54, 1.807) is 23.0 Å². The van der Waals surface area contributed by atoms with Crippen molar-refractivity contribution in [2.24, 2.45) is 0 Å². The molecule has 1 unspecified atom stereocenters. The molecule has 9 heteroatoms. The third-order valence-corrected chi connectivity index (χ3v) is 5.09. The number of amides is 1. The highest BCUT2D eigenvalue weighted by molar-refractivity contribution is 6.30. The Hall–Kier alpha value is -3.00. The lowest BCUT2D eigenvalue weighted by molar-refractivity contribution is 0.0908. The van der Waals surface area contributed by atoms with Crippen molar-refractivity contribution in [1.29, 1.82) is 0 Å². The average Bonchev–Trinajstić information content (AvgIpc) is 3.38. The standard InChI is InChI=1S/C19H18ClN5O3/c20-13-2-3-17-12(6-13)7-14(11-27-17)22-19(26)16-8-18-25(23-16)10-15(28-18)9-24-5-1-4-21-24/h1-6,8,14-15H,7,9-11H2,(H,22,26)/t14-,15?/m1/s1. The van der Waals surface area contributed by atoms with E-state index < -0.39 is 0 Å². The molecule has 2 atom stereocenters. The quantitative estimate of drug-likeness (QED) is 0.724. The second-order valence-electron chi connectivity index (χ2n) is 6.96. The molecule has 144 valence electrons. The summed E-state index contributed by atoms with van der Waals surface area (Å²) in [5, 5.41) is 12.2. The third-order valence-electron chi connectivity index (χ3n) is 4.85. The molecule has 1 N–H and O–H groups in total. The summed E-state index contributed by atoms with van der Waals surface area (Å²) in [5.41, 5.74) is 1.32. The van der Waals surface area contributed by atoms with E-state index in [-0.39, 0.29) is 18.1 Å². The van der Waals surface area contributed by atoms with Crippen LogP contribution in [-0.4, -0.2) is 44.2 Å². The maximum atomic E-state index is 12.6. The number of carbonyl (C=O) groups is 1. The van der Waals surface area contributed by atoms with Gasteiger partial charge in [-0.1, -0.05) is 11.6 Å². The average molecular weight is 400 g/mol. The van der Waals surface area contributed by atoms with Gasteiger partial charge in [0.25, 0.3) is 5.91 Å². The van der Waals surface area contributed by atoms with Gasteiger partial charge < -0.3 is 14.8 Å². The molecule has 0 radical (unpaired) electrons. The van der Waals surface area contributed by atoms with Gasteiger partial charge in [0.1, 0.15) is 18.5 Å². The maximum Gasteiger partial charge on any atom is 0.272 e. The van der Waals surface area contributed by atoms with Crippen molar-refractivity contribution in [2.75, 3.05) is 6.61 Å². The minimum absolute atomic E-state index is 0.0486. The van der Waals surface area contributed by atoms with Crippen molar-refractivity contribution in [3.63, 3.8) is 0 Å². The van der Waals surface area contributed by atoms with Gasteiger partial charge in [-0.15, -0.1) is 0 Å². The monoisotopic (exact) mass is 399 g/mol. The summed E-state index contributed by atoms with van der Waals surface area (Å²) < 4.78 is 15.1. The molecule has 1 amide bonds. The van der Waals surface area contributed by atoms with Crippen LogP contribution in [0.4, 0.5) is 0 Å². The van der Waals surface area contributed by atoms with Gasteiger partial charge in [0.05, 0.1) is 19.1 Å². The van der Waals surface area contributed by atoms with Crippen LogP contribution < -0.4 is 14.8 Å². The topological polar surface area (TPSA) is 83.2 Å². The summed E-state index contributed by atoms with van der Waals surface area (Å²) >= 11 is 6.05. The molecular weight excluding hydrogens is 382 g/mol. The first kappa shape index (κ1) is 17.1. The largest absolute Gasteiger partial charge is 0.491 e. The van der Waals surface area contributed by atoms with E-state index in [4.69, 9.17) is 21.1 Å². The molecule has 28 heavy (non-hydrogen) atoms. The van der Waals surface area contributed by atoms with Gasteiger partial charge in [-0.2, -0.15) is 10.2 Å². The highest BCUT2D eigenvalue weighted by Gasteiger charge is 2.28. The van der Waals surface area contributed by atoms with Crippen LogP contribution in [0.5, 0.6) is 11.6 Å². The lowest BCUT2D eigenvalue weighted by atomic mass is 10.0. The molecule has 2 aliphatic rings. The van der Waals surface area contributed by atoms with Gasteiger partial charge in [0.2, 0.25) is 5.88 Å². The number of fused-ring (bicyclic) bond motifs is 2. The fraction of sp³-hybridized carbons (Fsp3) is 0.316. The highest BCUT2D eigenvalue weighted by atomic mass is 35.5. The van der Waals surface area contributed by atoms with Gasteiger partial charge in [-0.25, -0.2) is 4.68 Å². The highest BCUT2D eigenvalue weighted by Crippen LogP contribution is 2.28. The van der Waals surface area contributed by atoms with Gasteiger partial charge in [0.15, 0.2) is 5.69 Å². The molecule has 0 saturated carbocycles. The minimum Gasteiger partial charge on any atom is -0.491 e. The Bertz CT molecular complexity index is 993. The number of hydrogen-bond acceptors (Lipinski definition) is 5. The van der Waals surface area contributed by atoms with Gasteiger partial charge in [0, 0.05) is 23.5 Å². The van der Waals surface area contributed by atoms with Crippen molar-refractivity contribution in [3.05, 3.63) is 59.0 Å². The Morgan fingerprint density at radius 3 is 3.11 bits per heavy atom. The first-order valence-corrected chi connectivity index (χ1v) is 9.46. The summed E-state index contributed by atoms with van der Waals surface area (Å²) in [6, 6.07) is 8.93. The zero-order chi connectivity index (χ0) is 19.1. The summed E-state index contributed by atoms with van der Waals surface area (Å²) in [7, 11) is 0. The number of ether oxygens (including phenoxy) is 2.